The Balaban J connectivity index is 0.993. The Hall–Kier alpha value is -5.69. The van der Waals surface area contributed by atoms with Crippen LogP contribution in [0.1, 0.15) is 16.1 Å². The van der Waals surface area contributed by atoms with Gasteiger partial charge in [-0.1, -0.05) is 60.7 Å². The molecule has 0 spiro atoms. The van der Waals surface area contributed by atoms with E-state index in [-0.39, 0.29) is 5.69 Å². The molecule has 6 aromatic rings. The Kier molecular flexibility index (Phi) is 10.7. The van der Waals surface area contributed by atoms with Crippen molar-refractivity contribution in [2.45, 2.75) is 16.7 Å². The zero-order valence-electron chi connectivity index (χ0n) is 29.3. The number of nitrogens with zero attached hydrogens (tertiary/aromatic N) is 4. The second-order valence-electron chi connectivity index (χ2n) is 12.7. The number of benzene rings is 5. The van der Waals surface area contributed by atoms with Crippen LogP contribution >= 0.6 is 11.9 Å². The van der Waals surface area contributed by atoms with Crippen molar-refractivity contribution in [1.82, 2.24) is 4.57 Å². The summed E-state index contributed by atoms with van der Waals surface area (Å²) in [6, 6.07) is 40.4. The van der Waals surface area contributed by atoms with Gasteiger partial charge in [0.15, 0.2) is 11.2 Å². The molecule has 0 amide bonds. The Morgan fingerprint density at radius 2 is 1.42 bits per heavy atom. The van der Waals surface area contributed by atoms with E-state index in [4.69, 9.17) is 0 Å². The number of rotatable bonds is 12. The van der Waals surface area contributed by atoms with Gasteiger partial charge in [0.05, 0.1) is 22.4 Å². The molecule has 1 saturated heterocycles. The SMILES string of the molecule is Cc1c(C=O)c(-c2cccc(N3CCN(c4ccc(N[S+]([O-])c5ccc(NSc6ccccc6)c([N+](=O)[O-])c5)cc4)CC3)c2)c(-c2ccccc2)n1C. The van der Waals surface area contributed by atoms with Crippen molar-refractivity contribution in [1.29, 1.82) is 0 Å². The van der Waals surface area contributed by atoms with E-state index in [0.29, 0.717) is 21.8 Å². The molecule has 12 heteroatoms. The zero-order chi connectivity index (χ0) is 36.9. The second kappa shape index (κ2) is 15.9. The van der Waals surface area contributed by atoms with E-state index in [2.05, 4.69) is 60.2 Å². The summed E-state index contributed by atoms with van der Waals surface area (Å²) in [6.07, 6.45) is 0.968. The number of nitro benzene ring substituents is 1. The predicted octanol–water partition coefficient (Wildman–Crippen LogP) is 8.97. The predicted molar refractivity (Wildman–Crippen MR) is 216 cm³/mol. The van der Waals surface area contributed by atoms with Crippen LogP contribution in [0.2, 0.25) is 0 Å². The van der Waals surface area contributed by atoms with Crippen LogP contribution in [0, 0.1) is 17.0 Å². The van der Waals surface area contributed by atoms with E-state index in [1.807, 2.05) is 86.8 Å². The minimum absolute atomic E-state index is 0.153. The molecule has 2 N–H and O–H groups in total. The maximum atomic E-state index is 13.2. The van der Waals surface area contributed by atoms with E-state index in [0.717, 1.165) is 76.8 Å². The van der Waals surface area contributed by atoms with Gasteiger partial charge in [0.2, 0.25) is 0 Å². The van der Waals surface area contributed by atoms with Gasteiger partial charge in [-0.05, 0) is 90.7 Å². The first-order valence-corrected chi connectivity index (χ1v) is 19.1. The highest BCUT2D eigenvalue weighted by Crippen LogP contribution is 2.39. The lowest BCUT2D eigenvalue weighted by atomic mass is 9.97. The number of carbonyl (C=O) groups excluding carboxylic acids is 1. The third-order valence-corrected chi connectivity index (χ3v) is 11.5. The molecule has 10 nitrogen and oxygen atoms in total. The van der Waals surface area contributed by atoms with Gasteiger partial charge in [-0.25, -0.2) is 4.72 Å². The first-order valence-electron chi connectivity index (χ1n) is 17.2. The van der Waals surface area contributed by atoms with E-state index >= 15 is 0 Å². The molecule has 2 heterocycles. The van der Waals surface area contributed by atoms with Crippen LogP contribution in [0.15, 0.2) is 137 Å². The number of anilines is 4. The summed E-state index contributed by atoms with van der Waals surface area (Å²) in [5.74, 6) is 0. The smallest absolute Gasteiger partial charge is 0.298 e. The quantitative estimate of drug-likeness (QED) is 0.0417. The third-order valence-electron chi connectivity index (χ3n) is 9.52. The van der Waals surface area contributed by atoms with Gasteiger partial charge in [0.25, 0.3) is 5.69 Å². The molecule has 0 bridgehead atoms. The minimum atomic E-state index is -1.71. The molecular weight excluding hydrogens is 705 g/mol. The molecule has 5 aromatic carbocycles. The maximum Gasteiger partial charge on any atom is 0.298 e. The summed E-state index contributed by atoms with van der Waals surface area (Å²) >= 11 is -0.436. The van der Waals surface area contributed by atoms with Crippen LogP contribution in [-0.4, -0.2) is 46.5 Å². The average Bonchev–Trinajstić information content (AvgIpc) is 3.46. The molecule has 1 fully saturated rings. The van der Waals surface area contributed by atoms with Gasteiger partial charge >= 0.3 is 0 Å². The van der Waals surface area contributed by atoms with E-state index < -0.39 is 16.3 Å². The molecule has 7 rings (SSSR count). The number of nitrogens with one attached hydrogen (secondary N) is 2. The molecule has 1 aliphatic heterocycles. The van der Waals surface area contributed by atoms with Crippen LogP contribution in [0.5, 0.6) is 0 Å². The number of nitro groups is 1. The van der Waals surface area contributed by atoms with Crippen molar-refractivity contribution in [3.05, 3.63) is 149 Å². The summed E-state index contributed by atoms with van der Waals surface area (Å²) < 4.78 is 21.3. The van der Waals surface area contributed by atoms with Crippen molar-refractivity contribution in [2.75, 3.05) is 45.4 Å². The highest BCUT2D eigenvalue weighted by Gasteiger charge is 2.24. The summed E-state index contributed by atoms with van der Waals surface area (Å²) in [5.41, 5.74) is 8.69. The highest BCUT2D eigenvalue weighted by atomic mass is 32.2. The number of aromatic nitrogens is 1. The maximum absolute atomic E-state index is 13.2. The van der Waals surface area contributed by atoms with E-state index in [1.165, 1.54) is 18.0 Å². The highest BCUT2D eigenvalue weighted by molar-refractivity contribution is 8.00. The molecule has 1 unspecified atom stereocenters. The Labute approximate surface area is 316 Å². The Morgan fingerprint density at radius 1 is 0.774 bits per heavy atom. The molecule has 1 aliphatic rings. The fourth-order valence-electron chi connectivity index (χ4n) is 6.65. The molecule has 0 radical (unpaired) electrons. The normalized spacial score (nSPS) is 13.4. The molecule has 1 aromatic heterocycles. The zero-order valence-corrected chi connectivity index (χ0v) is 30.9. The Morgan fingerprint density at radius 3 is 2.08 bits per heavy atom. The fourth-order valence-corrected chi connectivity index (χ4v) is 8.22. The number of aldehydes is 1. The molecular formula is C41H38N6O4S2. The molecule has 0 saturated carbocycles. The van der Waals surface area contributed by atoms with Crippen LogP contribution < -0.4 is 19.2 Å². The van der Waals surface area contributed by atoms with Gasteiger partial charge in [0.1, 0.15) is 17.0 Å². The number of piperazine rings is 1. The molecule has 0 aliphatic carbocycles. The molecule has 1 atom stereocenters. The van der Waals surface area contributed by atoms with Crippen molar-refractivity contribution < 1.29 is 14.3 Å². The van der Waals surface area contributed by atoms with Gasteiger partial charge in [-0.15, -0.1) is 0 Å². The van der Waals surface area contributed by atoms with Crippen LogP contribution in [-0.2, 0) is 18.4 Å². The van der Waals surface area contributed by atoms with Crippen LogP contribution in [0.4, 0.5) is 28.4 Å². The van der Waals surface area contributed by atoms with Gasteiger partial charge in [-0.3, -0.25) is 14.9 Å². The summed E-state index contributed by atoms with van der Waals surface area (Å²) in [7, 11) is 2.01. The van der Waals surface area contributed by atoms with Crippen LogP contribution in [0.3, 0.4) is 0 Å². The standard InChI is InChI=1S/C41H38N6O4S2/c1-29-37(28-48)40(41(44(29)2)30-10-5-3-6-11-30)31-12-9-13-34(26-31)46-24-22-45(23-25-46)33-18-16-32(17-19-33)43-53(51)36-20-21-38(39(27-36)47(49)50)42-52-35-14-7-4-8-15-35/h3-21,26-28,42-43H,22-25H2,1-2H3. The lowest BCUT2D eigenvalue weighted by molar-refractivity contribution is -0.384. The van der Waals surface area contributed by atoms with Crippen molar-refractivity contribution in [3.63, 3.8) is 0 Å². The molecule has 268 valence electrons. The lowest BCUT2D eigenvalue weighted by Gasteiger charge is -2.37. The fraction of sp³-hybridized carbons (Fsp3) is 0.146. The number of hydrogen-bond donors (Lipinski definition) is 2. The lowest BCUT2D eigenvalue weighted by Crippen LogP contribution is -2.46. The number of hydrogen-bond acceptors (Lipinski definition) is 9. The van der Waals surface area contributed by atoms with E-state index in [1.54, 1.807) is 12.1 Å². The van der Waals surface area contributed by atoms with Gasteiger partial charge in [-0.2, -0.15) is 0 Å². The van der Waals surface area contributed by atoms with E-state index in [9.17, 15) is 19.5 Å². The average molecular weight is 743 g/mol. The summed E-state index contributed by atoms with van der Waals surface area (Å²) in [6.45, 7) is 5.26. The van der Waals surface area contributed by atoms with Crippen molar-refractivity contribution in [3.8, 4) is 22.4 Å². The van der Waals surface area contributed by atoms with Gasteiger partial charge in [0, 0.05) is 66.3 Å². The first-order chi connectivity index (χ1) is 25.8. The number of carbonyl (C=O) groups is 1. The molecule has 53 heavy (non-hydrogen) atoms. The largest absolute Gasteiger partial charge is 0.588 e. The van der Waals surface area contributed by atoms with Crippen LogP contribution in [0.25, 0.3) is 22.4 Å². The van der Waals surface area contributed by atoms with Crippen molar-refractivity contribution >= 4 is 58.0 Å². The summed E-state index contributed by atoms with van der Waals surface area (Å²) in [5, 5.41) is 11.8. The Bertz CT molecular complexity index is 2220. The third kappa shape index (κ3) is 7.75. The first kappa shape index (κ1) is 35.7. The summed E-state index contributed by atoms with van der Waals surface area (Å²) in [4.78, 5) is 29.6. The van der Waals surface area contributed by atoms with Crippen molar-refractivity contribution in [2.24, 2.45) is 7.05 Å². The monoisotopic (exact) mass is 742 g/mol. The second-order valence-corrected chi connectivity index (χ2v) is 14.8. The minimum Gasteiger partial charge on any atom is -0.588 e. The van der Waals surface area contributed by atoms with Gasteiger partial charge < -0.3 is 23.6 Å². The topological polar surface area (TPSA) is 119 Å².